The number of carbonyl (C=O) groups excluding carboxylic acids is 1. The van der Waals surface area contributed by atoms with Crippen molar-refractivity contribution in [2.75, 3.05) is 5.33 Å². The lowest BCUT2D eigenvalue weighted by Crippen LogP contribution is -2.48. The number of alkyl halides is 1. The van der Waals surface area contributed by atoms with Gasteiger partial charge in [0.2, 0.25) is 5.91 Å². The van der Waals surface area contributed by atoms with Gasteiger partial charge >= 0.3 is 0 Å². The molecule has 1 amide bonds. The summed E-state index contributed by atoms with van der Waals surface area (Å²) in [7, 11) is 0. The molecule has 2 rings (SSSR count). The van der Waals surface area contributed by atoms with Gasteiger partial charge in [-0.3, -0.25) is 4.79 Å². The number of aliphatic hydroxyl groups is 1. The molecule has 2 atom stereocenters. The number of hydrogen-bond donors (Lipinski definition) is 1. The Bertz CT molecular complexity index is 220. The predicted octanol–water partition coefficient (Wildman–Crippen LogP) is 1.29. The Hall–Kier alpha value is -0.0900. The third-order valence-corrected chi connectivity index (χ3v) is 3.70. The van der Waals surface area contributed by atoms with E-state index in [9.17, 15) is 9.90 Å². The van der Waals surface area contributed by atoms with Crippen LogP contribution in [0.4, 0.5) is 0 Å². The number of hydrogen-bond acceptors (Lipinski definition) is 2. The van der Waals surface area contributed by atoms with E-state index in [2.05, 4.69) is 15.9 Å². The van der Waals surface area contributed by atoms with Crippen LogP contribution in [0.2, 0.25) is 0 Å². The second-order valence-corrected chi connectivity index (χ2v) is 5.04. The highest BCUT2D eigenvalue weighted by Gasteiger charge is 2.42. The van der Waals surface area contributed by atoms with Crippen LogP contribution >= 0.6 is 15.9 Å². The van der Waals surface area contributed by atoms with Gasteiger partial charge in [-0.05, 0) is 25.7 Å². The lowest BCUT2D eigenvalue weighted by atomic mass is 9.99. The van der Waals surface area contributed by atoms with Crippen molar-refractivity contribution >= 4 is 21.8 Å². The predicted molar refractivity (Wildman–Crippen MR) is 57.3 cm³/mol. The summed E-state index contributed by atoms with van der Waals surface area (Å²) in [5, 5.41) is 10.3. The number of rotatable bonds is 2. The Balaban J connectivity index is 2.03. The number of halogens is 1. The SMILES string of the molecule is O=C(CCBr)N1C2CCC1CC(O)C2. The lowest BCUT2D eigenvalue weighted by Gasteiger charge is -2.37. The molecule has 2 heterocycles. The molecule has 3 nitrogen and oxygen atoms in total. The van der Waals surface area contributed by atoms with Crippen LogP contribution in [-0.2, 0) is 4.79 Å². The Kier molecular flexibility index (Phi) is 3.12. The minimum absolute atomic E-state index is 0.180. The van der Waals surface area contributed by atoms with Gasteiger partial charge in [-0.1, -0.05) is 15.9 Å². The molecule has 0 spiro atoms. The first kappa shape index (κ1) is 10.4. The van der Waals surface area contributed by atoms with Gasteiger partial charge in [0.05, 0.1) is 6.10 Å². The van der Waals surface area contributed by atoms with Gasteiger partial charge in [-0.2, -0.15) is 0 Å². The van der Waals surface area contributed by atoms with Gasteiger partial charge < -0.3 is 10.0 Å². The average molecular weight is 262 g/mol. The largest absolute Gasteiger partial charge is 0.393 e. The smallest absolute Gasteiger partial charge is 0.223 e. The average Bonchev–Trinajstić information content (AvgIpc) is 2.39. The van der Waals surface area contributed by atoms with Crippen molar-refractivity contribution in [2.24, 2.45) is 0 Å². The standard InChI is InChI=1S/C10H16BrNO2/c11-4-3-10(14)12-7-1-2-8(12)6-9(13)5-7/h7-9,13H,1-6H2. The Labute approximate surface area is 92.6 Å². The molecule has 2 aliphatic rings. The summed E-state index contributed by atoms with van der Waals surface area (Å²) in [6.45, 7) is 0. The quantitative estimate of drug-likeness (QED) is 0.762. The summed E-state index contributed by atoms with van der Waals surface area (Å²) < 4.78 is 0. The Morgan fingerprint density at radius 2 is 1.93 bits per heavy atom. The molecule has 0 aliphatic carbocycles. The summed E-state index contributed by atoms with van der Waals surface area (Å²) in [5.41, 5.74) is 0. The zero-order valence-corrected chi connectivity index (χ0v) is 9.74. The molecule has 2 saturated heterocycles. The summed E-state index contributed by atoms with van der Waals surface area (Å²) in [6.07, 6.45) is 4.13. The van der Waals surface area contributed by atoms with Crippen molar-refractivity contribution in [3.05, 3.63) is 0 Å². The van der Waals surface area contributed by atoms with Crippen LogP contribution in [0.5, 0.6) is 0 Å². The van der Waals surface area contributed by atoms with Gasteiger partial charge in [0, 0.05) is 23.8 Å². The number of carbonyl (C=O) groups is 1. The molecule has 1 N–H and O–H groups in total. The van der Waals surface area contributed by atoms with E-state index in [1.54, 1.807) is 0 Å². The first-order valence-electron chi connectivity index (χ1n) is 5.27. The number of amides is 1. The molecule has 4 heteroatoms. The van der Waals surface area contributed by atoms with Gasteiger partial charge in [-0.25, -0.2) is 0 Å². The molecule has 0 aromatic carbocycles. The van der Waals surface area contributed by atoms with E-state index in [1.807, 2.05) is 4.90 Å². The molecular formula is C10H16BrNO2. The second-order valence-electron chi connectivity index (χ2n) is 4.25. The highest BCUT2D eigenvalue weighted by molar-refractivity contribution is 9.09. The zero-order valence-electron chi connectivity index (χ0n) is 8.16. The fourth-order valence-electron chi connectivity index (χ4n) is 2.77. The normalized spacial score (nSPS) is 36.1. The van der Waals surface area contributed by atoms with Gasteiger partial charge in [-0.15, -0.1) is 0 Å². The van der Waals surface area contributed by atoms with E-state index < -0.39 is 0 Å². The van der Waals surface area contributed by atoms with Gasteiger partial charge in [0.1, 0.15) is 0 Å². The van der Waals surface area contributed by atoms with E-state index in [-0.39, 0.29) is 12.0 Å². The van der Waals surface area contributed by atoms with Crippen LogP contribution in [0.15, 0.2) is 0 Å². The first-order chi connectivity index (χ1) is 6.72. The molecule has 2 fully saturated rings. The van der Waals surface area contributed by atoms with Gasteiger partial charge in [0.15, 0.2) is 0 Å². The first-order valence-corrected chi connectivity index (χ1v) is 6.39. The third kappa shape index (κ3) is 1.82. The molecule has 0 saturated carbocycles. The number of piperidine rings is 1. The summed E-state index contributed by atoms with van der Waals surface area (Å²) >= 11 is 3.29. The molecule has 0 radical (unpaired) electrons. The summed E-state index contributed by atoms with van der Waals surface area (Å²) in [4.78, 5) is 13.8. The van der Waals surface area contributed by atoms with Crippen LogP contribution in [0, 0.1) is 0 Å². The maximum atomic E-state index is 11.8. The summed E-state index contributed by atoms with van der Waals surface area (Å²) in [5.74, 6) is 0.251. The molecule has 80 valence electrons. The van der Waals surface area contributed by atoms with E-state index in [1.165, 1.54) is 0 Å². The van der Waals surface area contributed by atoms with E-state index in [0.717, 1.165) is 31.0 Å². The van der Waals surface area contributed by atoms with Crippen LogP contribution < -0.4 is 0 Å². The number of aliphatic hydroxyl groups excluding tert-OH is 1. The maximum Gasteiger partial charge on any atom is 0.223 e. The molecule has 0 aromatic rings. The monoisotopic (exact) mass is 261 g/mol. The molecule has 2 aliphatic heterocycles. The van der Waals surface area contributed by atoms with Crippen LogP contribution in [-0.4, -0.2) is 39.4 Å². The van der Waals surface area contributed by atoms with E-state index in [0.29, 0.717) is 18.5 Å². The van der Waals surface area contributed by atoms with Crippen LogP contribution in [0.3, 0.4) is 0 Å². The van der Waals surface area contributed by atoms with Crippen molar-refractivity contribution in [3.8, 4) is 0 Å². The van der Waals surface area contributed by atoms with Crippen molar-refractivity contribution < 1.29 is 9.90 Å². The minimum atomic E-state index is -0.180. The van der Waals surface area contributed by atoms with Crippen molar-refractivity contribution in [1.82, 2.24) is 4.90 Å². The van der Waals surface area contributed by atoms with E-state index >= 15 is 0 Å². The Morgan fingerprint density at radius 1 is 1.36 bits per heavy atom. The van der Waals surface area contributed by atoms with Crippen LogP contribution in [0.1, 0.15) is 32.1 Å². The van der Waals surface area contributed by atoms with Crippen molar-refractivity contribution in [2.45, 2.75) is 50.3 Å². The zero-order chi connectivity index (χ0) is 10.1. The molecule has 2 unspecified atom stereocenters. The lowest BCUT2D eigenvalue weighted by molar-refractivity contribution is -0.136. The fourth-order valence-corrected chi connectivity index (χ4v) is 3.10. The van der Waals surface area contributed by atoms with Crippen LogP contribution in [0.25, 0.3) is 0 Å². The molecule has 14 heavy (non-hydrogen) atoms. The topological polar surface area (TPSA) is 40.5 Å². The van der Waals surface area contributed by atoms with Crippen molar-refractivity contribution in [3.63, 3.8) is 0 Å². The minimum Gasteiger partial charge on any atom is -0.393 e. The number of nitrogens with zero attached hydrogens (tertiary/aromatic N) is 1. The fraction of sp³-hybridized carbons (Fsp3) is 0.900. The summed E-state index contributed by atoms with van der Waals surface area (Å²) in [6, 6.07) is 0.630. The highest BCUT2D eigenvalue weighted by atomic mass is 79.9. The highest BCUT2D eigenvalue weighted by Crippen LogP contribution is 2.36. The second kappa shape index (κ2) is 4.19. The Morgan fingerprint density at radius 3 is 2.43 bits per heavy atom. The molecular weight excluding hydrogens is 246 g/mol. The third-order valence-electron chi connectivity index (χ3n) is 3.30. The molecule has 0 aromatic heterocycles. The molecule has 2 bridgehead atoms. The van der Waals surface area contributed by atoms with E-state index in [4.69, 9.17) is 0 Å². The van der Waals surface area contributed by atoms with Crippen molar-refractivity contribution in [1.29, 1.82) is 0 Å². The maximum absolute atomic E-state index is 11.8. The van der Waals surface area contributed by atoms with Gasteiger partial charge in [0.25, 0.3) is 0 Å². The number of fused-ring (bicyclic) bond motifs is 2.